The fourth-order valence-corrected chi connectivity index (χ4v) is 4.33. The van der Waals surface area contributed by atoms with Gasteiger partial charge in [-0.05, 0) is 24.3 Å². The number of amides is 1. The minimum Gasteiger partial charge on any atom is -0.342 e. The van der Waals surface area contributed by atoms with Gasteiger partial charge >= 0.3 is 0 Å². The Morgan fingerprint density at radius 2 is 1.96 bits per heavy atom. The summed E-state index contributed by atoms with van der Waals surface area (Å²) >= 11 is 3.13. The van der Waals surface area contributed by atoms with E-state index in [0.717, 1.165) is 41.8 Å². The number of thioether (sulfide) groups is 1. The molecule has 0 bridgehead atoms. The van der Waals surface area contributed by atoms with Crippen molar-refractivity contribution < 1.29 is 4.79 Å². The van der Waals surface area contributed by atoms with E-state index >= 15 is 0 Å². The van der Waals surface area contributed by atoms with Gasteiger partial charge in [0.25, 0.3) is 0 Å². The molecule has 1 aliphatic heterocycles. The number of aromatic nitrogens is 3. The normalized spacial score (nSPS) is 16.1. The molecule has 5 nitrogen and oxygen atoms in total. The molecule has 7 heteroatoms. The first-order valence-corrected chi connectivity index (χ1v) is 9.96. The van der Waals surface area contributed by atoms with Crippen molar-refractivity contribution in [3.05, 3.63) is 17.5 Å². The fourth-order valence-electron chi connectivity index (χ4n) is 2.78. The third-order valence-electron chi connectivity index (χ3n) is 4.11. The van der Waals surface area contributed by atoms with Crippen molar-refractivity contribution in [2.75, 3.05) is 18.8 Å². The van der Waals surface area contributed by atoms with Crippen molar-refractivity contribution in [2.24, 2.45) is 7.05 Å². The Morgan fingerprint density at radius 1 is 1.22 bits per heavy atom. The minimum atomic E-state index is 0.220. The van der Waals surface area contributed by atoms with Crippen molar-refractivity contribution in [3.8, 4) is 10.7 Å². The van der Waals surface area contributed by atoms with E-state index in [-0.39, 0.29) is 5.91 Å². The van der Waals surface area contributed by atoms with E-state index in [4.69, 9.17) is 0 Å². The average molecular weight is 351 g/mol. The molecule has 0 spiro atoms. The summed E-state index contributed by atoms with van der Waals surface area (Å²) in [6, 6.07) is 4.04. The quantitative estimate of drug-likeness (QED) is 0.793. The molecule has 23 heavy (non-hydrogen) atoms. The zero-order chi connectivity index (χ0) is 16.1. The van der Waals surface area contributed by atoms with Gasteiger partial charge in [0.05, 0.1) is 10.6 Å². The molecular formula is C16H22N4OS2. The van der Waals surface area contributed by atoms with E-state index in [1.54, 1.807) is 11.3 Å². The van der Waals surface area contributed by atoms with Crippen LogP contribution in [0.1, 0.15) is 32.1 Å². The molecular weight excluding hydrogens is 328 g/mol. The Kier molecular flexibility index (Phi) is 5.72. The van der Waals surface area contributed by atoms with Gasteiger partial charge in [0.1, 0.15) is 0 Å². The van der Waals surface area contributed by atoms with Crippen LogP contribution in [-0.4, -0.2) is 44.4 Å². The van der Waals surface area contributed by atoms with Crippen LogP contribution in [0.2, 0.25) is 0 Å². The summed E-state index contributed by atoms with van der Waals surface area (Å²) in [6.45, 7) is 1.80. The number of hydrogen-bond acceptors (Lipinski definition) is 5. The van der Waals surface area contributed by atoms with Crippen LogP contribution >= 0.6 is 23.1 Å². The van der Waals surface area contributed by atoms with E-state index in [0.29, 0.717) is 5.75 Å². The maximum Gasteiger partial charge on any atom is 0.233 e. The van der Waals surface area contributed by atoms with Gasteiger partial charge in [0.2, 0.25) is 5.91 Å². The van der Waals surface area contributed by atoms with Crippen LogP contribution in [0.4, 0.5) is 0 Å². The van der Waals surface area contributed by atoms with Crippen LogP contribution in [0.25, 0.3) is 10.7 Å². The summed E-state index contributed by atoms with van der Waals surface area (Å²) in [4.78, 5) is 15.5. The molecule has 1 saturated heterocycles. The minimum absolute atomic E-state index is 0.220. The summed E-state index contributed by atoms with van der Waals surface area (Å²) in [5, 5.41) is 11.3. The lowest BCUT2D eigenvalue weighted by Crippen LogP contribution is -2.35. The Balaban J connectivity index is 1.58. The highest BCUT2D eigenvalue weighted by Crippen LogP contribution is 2.26. The van der Waals surface area contributed by atoms with Crippen molar-refractivity contribution in [1.29, 1.82) is 0 Å². The van der Waals surface area contributed by atoms with Crippen LogP contribution in [0, 0.1) is 0 Å². The Labute approximate surface area is 145 Å². The molecule has 3 rings (SSSR count). The largest absolute Gasteiger partial charge is 0.342 e. The highest BCUT2D eigenvalue weighted by Gasteiger charge is 2.17. The molecule has 0 aromatic carbocycles. The molecule has 1 fully saturated rings. The van der Waals surface area contributed by atoms with Crippen molar-refractivity contribution >= 4 is 29.0 Å². The molecule has 0 N–H and O–H groups in total. The van der Waals surface area contributed by atoms with E-state index in [2.05, 4.69) is 10.2 Å². The third kappa shape index (κ3) is 4.14. The summed E-state index contributed by atoms with van der Waals surface area (Å²) in [5.74, 6) is 1.52. The predicted octanol–water partition coefficient (Wildman–Crippen LogP) is 3.43. The standard InChI is InChI=1S/C16H22N4OS2/c1-19-15(13-8-7-11-22-13)17-18-16(19)23-12-14(21)20-9-5-3-2-4-6-10-20/h7-8,11H,2-6,9-10,12H2,1H3. The van der Waals surface area contributed by atoms with Crippen LogP contribution < -0.4 is 0 Å². The van der Waals surface area contributed by atoms with E-state index < -0.39 is 0 Å². The first-order valence-electron chi connectivity index (χ1n) is 8.09. The summed E-state index contributed by atoms with van der Waals surface area (Å²) < 4.78 is 1.97. The number of carbonyl (C=O) groups is 1. The molecule has 1 amide bonds. The van der Waals surface area contributed by atoms with Crippen molar-refractivity contribution in [3.63, 3.8) is 0 Å². The van der Waals surface area contributed by atoms with Gasteiger partial charge in [-0.1, -0.05) is 37.1 Å². The molecule has 0 atom stereocenters. The smallest absolute Gasteiger partial charge is 0.233 e. The van der Waals surface area contributed by atoms with Crippen molar-refractivity contribution in [2.45, 2.75) is 37.3 Å². The highest BCUT2D eigenvalue weighted by atomic mass is 32.2. The van der Waals surface area contributed by atoms with E-state index in [1.165, 1.54) is 31.0 Å². The molecule has 3 heterocycles. The lowest BCUT2D eigenvalue weighted by molar-refractivity contribution is -0.128. The SMILES string of the molecule is Cn1c(SCC(=O)N2CCCCCCC2)nnc1-c1cccs1. The second-order valence-corrected chi connectivity index (χ2v) is 7.67. The maximum atomic E-state index is 12.4. The first kappa shape index (κ1) is 16.5. The second kappa shape index (κ2) is 7.97. The molecule has 2 aromatic rings. The van der Waals surface area contributed by atoms with E-state index in [1.807, 2.05) is 34.0 Å². The molecule has 0 saturated carbocycles. The van der Waals surface area contributed by atoms with Gasteiger partial charge in [0, 0.05) is 20.1 Å². The lowest BCUT2D eigenvalue weighted by Gasteiger charge is -2.24. The number of hydrogen-bond donors (Lipinski definition) is 0. The zero-order valence-electron chi connectivity index (χ0n) is 13.4. The second-order valence-electron chi connectivity index (χ2n) is 5.78. The first-order chi connectivity index (χ1) is 11.3. The third-order valence-corrected chi connectivity index (χ3v) is 5.98. The zero-order valence-corrected chi connectivity index (χ0v) is 15.0. The maximum absolute atomic E-state index is 12.4. The Morgan fingerprint density at radius 3 is 2.65 bits per heavy atom. The highest BCUT2D eigenvalue weighted by molar-refractivity contribution is 7.99. The summed E-state index contributed by atoms with van der Waals surface area (Å²) in [7, 11) is 1.96. The summed E-state index contributed by atoms with van der Waals surface area (Å²) in [5.41, 5.74) is 0. The Bertz CT molecular complexity index is 631. The number of nitrogens with zero attached hydrogens (tertiary/aromatic N) is 4. The van der Waals surface area contributed by atoms with Gasteiger partial charge < -0.3 is 9.47 Å². The fraction of sp³-hybridized carbons (Fsp3) is 0.562. The van der Waals surface area contributed by atoms with Crippen molar-refractivity contribution in [1.82, 2.24) is 19.7 Å². The van der Waals surface area contributed by atoms with Gasteiger partial charge in [-0.2, -0.15) is 0 Å². The topological polar surface area (TPSA) is 51.0 Å². The molecule has 0 aliphatic carbocycles. The van der Waals surface area contributed by atoms with E-state index in [9.17, 15) is 4.79 Å². The number of thiophene rings is 1. The lowest BCUT2D eigenvalue weighted by atomic mass is 10.1. The van der Waals surface area contributed by atoms with Gasteiger partial charge in [-0.25, -0.2) is 0 Å². The molecule has 124 valence electrons. The monoisotopic (exact) mass is 350 g/mol. The molecule has 0 unspecified atom stereocenters. The number of likely N-dealkylation sites (tertiary alicyclic amines) is 1. The average Bonchev–Trinajstić information content (AvgIpc) is 3.14. The van der Waals surface area contributed by atoms with Crippen LogP contribution in [0.15, 0.2) is 22.7 Å². The predicted molar refractivity (Wildman–Crippen MR) is 94.7 cm³/mol. The summed E-state index contributed by atoms with van der Waals surface area (Å²) in [6.07, 6.45) is 6.04. The number of carbonyl (C=O) groups excluding carboxylic acids is 1. The van der Waals surface area contributed by atoms with Gasteiger partial charge in [0.15, 0.2) is 11.0 Å². The van der Waals surface area contributed by atoms with Gasteiger partial charge in [-0.15, -0.1) is 21.5 Å². The number of rotatable bonds is 4. The Hall–Kier alpha value is -1.34. The van der Waals surface area contributed by atoms with Crippen LogP contribution in [0.5, 0.6) is 0 Å². The molecule has 2 aromatic heterocycles. The van der Waals surface area contributed by atoms with Crippen LogP contribution in [-0.2, 0) is 11.8 Å². The molecule has 0 radical (unpaired) electrons. The van der Waals surface area contributed by atoms with Crippen LogP contribution in [0.3, 0.4) is 0 Å². The molecule has 1 aliphatic rings. The van der Waals surface area contributed by atoms with Gasteiger partial charge in [-0.3, -0.25) is 4.79 Å².